The van der Waals surface area contributed by atoms with Crippen LogP contribution in [0.1, 0.15) is 43.4 Å². The zero-order valence-corrected chi connectivity index (χ0v) is 14.1. The standard InChI is InChI=1S/C22H19NO/c1-13-14-8-6-12-23-21(14)16-10-11-18-20(19(13)16)15-7-4-5-9-17(15)22(2,3)24-18/h4-13H,1-3H3. The van der Waals surface area contributed by atoms with E-state index in [2.05, 4.69) is 68.2 Å². The van der Waals surface area contributed by atoms with Crippen molar-refractivity contribution in [3.05, 3.63) is 71.4 Å². The van der Waals surface area contributed by atoms with Crippen molar-refractivity contribution in [2.75, 3.05) is 0 Å². The van der Waals surface area contributed by atoms with E-state index in [1.807, 2.05) is 12.3 Å². The van der Waals surface area contributed by atoms with Crippen LogP contribution in [0, 0.1) is 0 Å². The van der Waals surface area contributed by atoms with Gasteiger partial charge in [-0.3, -0.25) is 4.98 Å². The number of pyridine rings is 1. The predicted octanol–water partition coefficient (Wildman–Crippen LogP) is 5.51. The maximum atomic E-state index is 6.40. The zero-order valence-electron chi connectivity index (χ0n) is 14.1. The monoisotopic (exact) mass is 313 g/mol. The molecule has 2 heteroatoms. The molecule has 0 bridgehead atoms. The highest BCUT2D eigenvalue weighted by atomic mass is 16.5. The lowest BCUT2D eigenvalue weighted by Crippen LogP contribution is -2.29. The first kappa shape index (κ1) is 13.8. The fraction of sp³-hybridized carbons (Fsp3) is 0.227. The van der Waals surface area contributed by atoms with Crippen molar-refractivity contribution in [1.82, 2.24) is 4.98 Å². The number of aromatic nitrogens is 1. The van der Waals surface area contributed by atoms with Gasteiger partial charge in [0.05, 0.1) is 5.69 Å². The smallest absolute Gasteiger partial charge is 0.129 e. The SMILES string of the molecule is CC1c2cccnc2-c2ccc3c(c21)-c1ccccc1C(C)(C)O3. The van der Waals surface area contributed by atoms with Gasteiger partial charge >= 0.3 is 0 Å². The lowest BCUT2D eigenvalue weighted by molar-refractivity contribution is 0.105. The summed E-state index contributed by atoms with van der Waals surface area (Å²) in [4.78, 5) is 4.64. The number of ether oxygens (including phenoxy) is 1. The average molecular weight is 313 g/mol. The summed E-state index contributed by atoms with van der Waals surface area (Å²) in [7, 11) is 0. The molecular formula is C22H19NO. The van der Waals surface area contributed by atoms with Crippen LogP contribution in [0.3, 0.4) is 0 Å². The molecule has 5 rings (SSSR count). The molecule has 1 unspecified atom stereocenters. The normalized spacial score (nSPS) is 18.9. The summed E-state index contributed by atoms with van der Waals surface area (Å²) in [6.45, 7) is 6.55. The van der Waals surface area contributed by atoms with Crippen molar-refractivity contribution in [3.63, 3.8) is 0 Å². The minimum atomic E-state index is -0.315. The average Bonchev–Trinajstić information content (AvgIpc) is 2.88. The van der Waals surface area contributed by atoms with E-state index in [-0.39, 0.29) is 5.60 Å². The van der Waals surface area contributed by atoms with Gasteiger partial charge in [0.15, 0.2) is 0 Å². The summed E-state index contributed by atoms with van der Waals surface area (Å²) in [5, 5.41) is 0. The Morgan fingerprint density at radius 3 is 2.67 bits per heavy atom. The van der Waals surface area contributed by atoms with Crippen LogP contribution in [-0.4, -0.2) is 4.98 Å². The summed E-state index contributed by atoms with van der Waals surface area (Å²) in [5.41, 5.74) is 8.49. The van der Waals surface area contributed by atoms with Crippen LogP contribution in [0.25, 0.3) is 22.4 Å². The summed E-state index contributed by atoms with van der Waals surface area (Å²) >= 11 is 0. The first-order valence-corrected chi connectivity index (χ1v) is 8.49. The summed E-state index contributed by atoms with van der Waals surface area (Å²) < 4.78 is 6.40. The van der Waals surface area contributed by atoms with Crippen LogP contribution in [0.4, 0.5) is 0 Å². The van der Waals surface area contributed by atoms with E-state index in [0.29, 0.717) is 5.92 Å². The molecule has 2 nitrogen and oxygen atoms in total. The minimum Gasteiger partial charge on any atom is -0.482 e. The third-order valence-corrected chi connectivity index (χ3v) is 5.41. The molecule has 1 aromatic heterocycles. The Morgan fingerprint density at radius 1 is 0.958 bits per heavy atom. The molecule has 1 atom stereocenters. The molecule has 0 spiro atoms. The Bertz CT molecular complexity index is 987. The number of hydrogen-bond donors (Lipinski definition) is 0. The van der Waals surface area contributed by atoms with E-state index in [1.165, 1.54) is 33.4 Å². The minimum absolute atomic E-state index is 0.315. The first-order chi connectivity index (χ1) is 11.6. The maximum absolute atomic E-state index is 6.40. The van der Waals surface area contributed by atoms with Crippen LogP contribution in [0.2, 0.25) is 0 Å². The second-order valence-electron chi connectivity index (χ2n) is 7.22. The third-order valence-electron chi connectivity index (χ3n) is 5.41. The van der Waals surface area contributed by atoms with Gasteiger partial charge in [0.25, 0.3) is 0 Å². The van der Waals surface area contributed by atoms with Crippen molar-refractivity contribution in [2.24, 2.45) is 0 Å². The van der Waals surface area contributed by atoms with Crippen molar-refractivity contribution < 1.29 is 4.74 Å². The molecule has 2 aromatic carbocycles. The molecule has 0 fully saturated rings. The quantitative estimate of drug-likeness (QED) is 0.546. The van der Waals surface area contributed by atoms with Gasteiger partial charge in [-0.25, -0.2) is 0 Å². The van der Waals surface area contributed by atoms with Crippen LogP contribution < -0.4 is 4.74 Å². The van der Waals surface area contributed by atoms with Crippen LogP contribution in [0.15, 0.2) is 54.7 Å². The highest BCUT2D eigenvalue weighted by Gasteiger charge is 2.37. The van der Waals surface area contributed by atoms with Crippen LogP contribution >= 0.6 is 0 Å². The molecule has 118 valence electrons. The van der Waals surface area contributed by atoms with E-state index >= 15 is 0 Å². The molecule has 0 N–H and O–H groups in total. The molecule has 1 aliphatic heterocycles. The Morgan fingerprint density at radius 2 is 1.79 bits per heavy atom. The van der Waals surface area contributed by atoms with Gasteiger partial charge < -0.3 is 4.74 Å². The number of nitrogens with zero attached hydrogens (tertiary/aromatic N) is 1. The van der Waals surface area contributed by atoms with Gasteiger partial charge in [-0.05, 0) is 48.7 Å². The van der Waals surface area contributed by atoms with Crippen LogP contribution in [0.5, 0.6) is 5.75 Å². The van der Waals surface area contributed by atoms with Crippen molar-refractivity contribution >= 4 is 0 Å². The zero-order chi connectivity index (χ0) is 16.5. The predicted molar refractivity (Wildman–Crippen MR) is 96.3 cm³/mol. The maximum Gasteiger partial charge on any atom is 0.129 e. The van der Waals surface area contributed by atoms with E-state index in [1.54, 1.807) is 0 Å². The van der Waals surface area contributed by atoms with Gasteiger partial charge in [0.1, 0.15) is 11.4 Å². The lowest BCUT2D eigenvalue weighted by Gasteiger charge is -2.36. The molecule has 24 heavy (non-hydrogen) atoms. The summed E-state index contributed by atoms with van der Waals surface area (Å²) in [6.07, 6.45) is 1.88. The summed E-state index contributed by atoms with van der Waals surface area (Å²) in [5.74, 6) is 1.31. The van der Waals surface area contributed by atoms with Crippen molar-refractivity contribution in [2.45, 2.75) is 32.3 Å². The van der Waals surface area contributed by atoms with E-state index in [0.717, 1.165) is 11.4 Å². The highest BCUT2D eigenvalue weighted by molar-refractivity contribution is 5.90. The van der Waals surface area contributed by atoms with Crippen molar-refractivity contribution in [1.29, 1.82) is 0 Å². The Hall–Kier alpha value is -2.61. The molecule has 2 heterocycles. The topological polar surface area (TPSA) is 22.1 Å². The Kier molecular flexibility index (Phi) is 2.57. The molecule has 0 radical (unpaired) electrons. The second-order valence-corrected chi connectivity index (χ2v) is 7.22. The molecular weight excluding hydrogens is 294 g/mol. The third kappa shape index (κ3) is 1.63. The molecule has 0 saturated heterocycles. The second kappa shape index (κ2) is 4.47. The Balaban J connectivity index is 1.86. The molecule has 3 aromatic rings. The number of fused-ring (bicyclic) bond motifs is 7. The van der Waals surface area contributed by atoms with Gasteiger partial charge in [0.2, 0.25) is 0 Å². The lowest BCUT2D eigenvalue weighted by atomic mass is 9.82. The highest BCUT2D eigenvalue weighted by Crippen LogP contribution is 2.54. The van der Waals surface area contributed by atoms with Gasteiger partial charge in [-0.1, -0.05) is 37.3 Å². The molecule has 0 saturated carbocycles. The fourth-order valence-electron chi connectivity index (χ4n) is 4.32. The van der Waals surface area contributed by atoms with Gasteiger partial charge in [-0.2, -0.15) is 0 Å². The fourth-order valence-corrected chi connectivity index (χ4v) is 4.32. The van der Waals surface area contributed by atoms with Gasteiger partial charge in [0, 0.05) is 28.8 Å². The van der Waals surface area contributed by atoms with Crippen LogP contribution in [-0.2, 0) is 5.60 Å². The number of rotatable bonds is 0. The first-order valence-electron chi connectivity index (χ1n) is 8.49. The molecule has 1 aliphatic carbocycles. The number of hydrogen-bond acceptors (Lipinski definition) is 2. The van der Waals surface area contributed by atoms with E-state index < -0.39 is 0 Å². The van der Waals surface area contributed by atoms with Crippen molar-refractivity contribution in [3.8, 4) is 28.1 Å². The number of benzene rings is 2. The molecule has 2 aliphatic rings. The summed E-state index contributed by atoms with van der Waals surface area (Å²) in [6, 6.07) is 17.1. The largest absolute Gasteiger partial charge is 0.482 e. The van der Waals surface area contributed by atoms with E-state index in [4.69, 9.17) is 4.74 Å². The van der Waals surface area contributed by atoms with E-state index in [9.17, 15) is 0 Å². The molecule has 0 amide bonds. The Labute approximate surface area is 142 Å². The van der Waals surface area contributed by atoms with Gasteiger partial charge in [-0.15, -0.1) is 0 Å².